The quantitative estimate of drug-likeness (QED) is 0.702. The van der Waals surface area contributed by atoms with E-state index in [1.165, 1.54) is 5.01 Å². The van der Waals surface area contributed by atoms with Crippen LogP contribution in [0.4, 0.5) is 0 Å². The number of pyridine rings is 1. The van der Waals surface area contributed by atoms with Gasteiger partial charge in [-0.05, 0) is 18.4 Å². The molecule has 0 bridgehead atoms. The zero-order chi connectivity index (χ0) is 12.0. The Bertz CT molecular complexity index is 645. The Morgan fingerprint density at radius 3 is 3.06 bits per heavy atom. The van der Waals surface area contributed by atoms with E-state index in [0.717, 1.165) is 22.7 Å². The number of hydrogen-bond donors (Lipinski definition) is 0. The molecule has 4 nitrogen and oxygen atoms in total. The third-order valence-electron chi connectivity index (χ3n) is 3.25. The Morgan fingerprint density at radius 1 is 1.47 bits per heavy atom. The van der Waals surface area contributed by atoms with Crippen LogP contribution in [-0.2, 0) is 0 Å². The van der Waals surface area contributed by atoms with Gasteiger partial charge in [0.05, 0.1) is 11.3 Å². The second kappa shape index (κ2) is 3.52. The van der Waals surface area contributed by atoms with Crippen molar-refractivity contribution in [2.75, 3.05) is 7.05 Å². The Balaban J connectivity index is 2.33. The second-order valence-electron chi connectivity index (χ2n) is 4.35. The van der Waals surface area contributed by atoms with Gasteiger partial charge in [-0.1, -0.05) is 19.1 Å². The third kappa shape index (κ3) is 1.40. The van der Waals surface area contributed by atoms with Crippen LogP contribution >= 0.6 is 0 Å². The van der Waals surface area contributed by atoms with E-state index < -0.39 is 0 Å². The van der Waals surface area contributed by atoms with E-state index in [9.17, 15) is 4.79 Å². The first-order valence-corrected chi connectivity index (χ1v) is 5.76. The highest BCUT2D eigenvalue weighted by Crippen LogP contribution is 2.12. The van der Waals surface area contributed by atoms with Gasteiger partial charge in [-0.25, -0.2) is 5.01 Å². The first-order chi connectivity index (χ1) is 8.20. The fraction of sp³-hybridized carbons (Fsp3) is 0.308. The van der Waals surface area contributed by atoms with Crippen LogP contribution in [-0.4, -0.2) is 22.9 Å². The van der Waals surface area contributed by atoms with Crippen molar-refractivity contribution in [3.8, 4) is 0 Å². The van der Waals surface area contributed by atoms with Gasteiger partial charge in [0.1, 0.15) is 5.36 Å². The van der Waals surface area contributed by atoms with Crippen molar-refractivity contribution in [2.24, 2.45) is 11.0 Å². The van der Waals surface area contributed by atoms with E-state index in [2.05, 4.69) is 29.2 Å². The average Bonchev–Trinajstić information content (AvgIpc) is 2.65. The van der Waals surface area contributed by atoms with E-state index in [1.54, 1.807) is 13.2 Å². The van der Waals surface area contributed by atoms with E-state index in [-0.39, 0.29) is 5.91 Å². The van der Waals surface area contributed by atoms with Crippen molar-refractivity contribution in [1.82, 2.24) is 9.99 Å². The number of carbonyl (C=O) groups excluding carboxylic acids is 1. The molecule has 0 saturated carbocycles. The molecule has 1 unspecified atom stereocenters. The summed E-state index contributed by atoms with van der Waals surface area (Å²) < 4.78 is 0. The molecule has 0 spiro atoms. The third-order valence-corrected chi connectivity index (χ3v) is 3.25. The fourth-order valence-electron chi connectivity index (χ4n) is 2.20. The molecule has 0 N–H and O–H groups in total. The number of amides is 1. The molecule has 1 atom stereocenters. The molecule has 2 aliphatic rings. The molecule has 0 aromatic carbocycles. The van der Waals surface area contributed by atoms with Crippen LogP contribution in [0.25, 0.3) is 12.2 Å². The van der Waals surface area contributed by atoms with Gasteiger partial charge >= 0.3 is 0 Å². The van der Waals surface area contributed by atoms with E-state index in [4.69, 9.17) is 0 Å². The first kappa shape index (κ1) is 10.2. The normalized spacial score (nSPS) is 20.7. The maximum Gasteiger partial charge on any atom is 0.277 e. The standard InChI is InChI=1S/C13H13N3O/c1-3-8-4-5-11-9(6-8)12-10(7-14-11)13(17)16(2)15-12/h4-8H,3H2,1-2H3. The van der Waals surface area contributed by atoms with Gasteiger partial charge < -0.3 is 0 Å². The minimum Gasteiger partial charge on any atom is -0.267 e. The molecular formula is C13H13N3O. The Morgan fingerprint density at radius 2 is 2.29 bits per heavy atom. The lowest BCUT2D eigenvalue weighted by atomic mass is 9.98. The molecule has 1 aromatic rings. The first-order valence-electron chi connectivity index (χ1n) is 5.76. The molecule has 1 aromatic heterocycles. The van der Waals surface area contributed by atoms with Crippen LogP contribution in [0.1, 0.15) is 29.4 Å². The van der Waals surface area contributed by atoms with Crippen molar-refractivity contribution < 1.29 is 4.79 Å². The number of hydrogen-bond acceptors (Lipinski definition) is 3. The van der Waals surface area contributed by atoms with Crippen molar-refractivity contribution in [2.45, 2.75) is 13.3 Å². The highest BCUT2D eigenvalue weighted by molar-refractivity contribution is 5.95. The van der Waals surface area contributed by atoms with Gasteiger partial charge in [0, 0.05) is 18.5 Å². The van der Waals surface area contributed by atoms with Crippen LogP contribution in [0.15, 0.2) is 17.4 Å². The maximum absolute atomic E-state index is 11.8. The SMILES string of the molecule is CCC1C=Cc2ncc3c(c2=C1)=NN(C)C3=O. The summed E-state index contributed by atoms with van der Waals surface area (Å²) in [7, 11) is 1.67. The van der Waals surface area contributed by atoms with Crippen molar-refractivity contribution in [1.29, 1.82) is 0 Å². The van der Waals surface area contributed by atoms with E-state index in [1.807, 2.05) is 6.08 Å². The molecule has 0 saturated heterocycles. The molecule has 0 fully saturated rings. The van der Waals surface area contributed by atoms with E-state index >= 15 is 0 Å². The summed E-state index contributed by atoms with van der Waals surface area (Å²) in [5, 5.41) is 7.43. The van der Waals surface area contributed by atoms with Gasteiger partial charge in [-0.3, -0.25) is 9.78 Å². The fourth-order valence-corrected chi connectivity index (χ4v) is 2.20. The molecule has 1 aliphatic carbocycles. The molecule has 17 heavy (non-hydrogen) atoms. The number of fused-ring (bicyclic) bond motifs is 3. The summed E-state index contributed by atoms with van der Waals surface area (Å²) in [6.45, 7) is 2.14. The number of nitrogens with zero attached hydrogens (tertiary/aromatic N) is 3. The maximum atomic E-state index is 11.8. The minimum atomic E-state index is -0.0775. The van der Waals surface area contributed by atoms with Gasteiger partial charge in [-0.15, -0.1) is 0 Å². The number of aromatic nitrogens is 1. The lowest BCUT2D eigenvalue weighted by molar-refractivity contribution is 0.0816. The summed E-state index contributed by atoms with van der Waals surface area (Å²) in [6, 6.07) is 0. The van der Waals surface area contributed by atoms with Crippen LogP contribution in [0.5, 0.6) is 0 Å². The van der Waals surface area contributed by atoms with Gasteiger partial charge in [-0.2, -0.15) is 5.10 Å². The zero-order valence-corrected chi connectivity index (χ0v) is 9.84. The molecule has 4 heteroatoms. The largest absolute Gasteiger partial charge is 0.277 e. The lowest BCUT2D eigenvalue weighted by Crippen LogP contribution is -2.33. The molecule has 1 amide bonds. The summed E-state index contributed by atoms with van der Waals surface area (Å²) in [4.78, 5) is 16.1. The van der Waals surface area contributed by atoms with E-state index in [0.29, 0.717) is 11.5 Å². The van der Waals surface area contributed by atoms with Crippen LogP contribution in [0.2, 0.25) is 0 Å². The molecular weight excluding hydrogens is 214 g/mol. The Labute approximate surface area is 99.0 Å². The summed E-state index contributed by atoms with van der Waals surface area (Å²) in [5.74, 6) is 0.332. The molecule has 2 heterocycles. The monoisotopic (exact) mass is 227 g/mol. The summed E-state index contributed by atoms with van der Waals surface area (Å²) in [6.07, 6.45) is 8.97. The lowest BCUT2D eigenvalue weighted by Gasteiger charge is -2.09. The highest BCUT2D eigenvalue weighted by Gasteiger charge is 2.22. The number of rotatable bonds is 1. The molecule has 3 rings (SSSR count). The average molecular weight is 227 g/mol. The van der Waals surface area contributed by atoms with Gasteiger partial charge in [0.2, 0.25) is 0 Å². The van der Waals surface area contributed by atoms with Crippen molar-refractivity contribution in [3.63, 3.8) is 0 Å². The van der Waals surface area contributed by atoms with Crippen LogP contribution in [0.3, 0.4) is 0 Å². The molecule has 0 radical (unpaired) electrons. The van der Waals surface area contributed by atoms with Crippen LogP contribution < -0.4 is 10.6 Å². The smallest absolute Gasteiger partial charge is 0.267 e. The highest BCUT2D eigenvalue weighted by atomic mass is 16.2. The summed E-state index contributed by atoms with van der Waals surface area (Å²) in [5.41, 5.74) is 1.51. The molecule has 1 aliphatic heterocycles. The second-order valence-corrected chi connectivity index (χ2v) is 4.35. The van der Waals surface area contributed by atoms with Gasteiger partial charge in [0.15, 0.2) is 0 Å². The zero-order valence-electron chi connectivity index (χ0n) is 9.84. The molecule has 86 valence electrons. The van der Waals surface area contributed by atoms with Gasteiger partial charge in [0.25, 0.3) is 5.91 Å². The predicted molar refractivity (Wildman–Crippen MR) is 64.4 cm³/mol. The topological polar surface area (TPSA) is 45.6 Å². The number of allylic oxidation sites excluding steroid dienone is 1. The van der Waals surface area contributed by atoms with Crippen molar-refractivity contribution >= 4 is 18.1 Å². The number of carbonyl (C=O) groups is 1. The summed E-state index contributed by atoms with van der Waals surface area (Å²) >= 11 is 0. The minimum absolute atomic E-state index is 0.0775. The Kier molecular flexibility index (Phi) is 2.11. The Hall–Kier alpha value is -1.97. The predicted octanol–water partition coefficient (Wildman–Crippen LogP) is 0.535. The van der Waals surface area contributed by atoms with Crippen molar-refractivity contribution in [3.05, 3.63) is 34.1 Å². The van der Waals surface area contributed by atoms with Crippen LogP contribution in [0, 0.1) is 5.92 Å².